The number of Topliss-reactive ketones (excluding diaryl/α,β-unsaturated/α-hetero) is 1. The highest BCUT2D eigenvalue weighted by Crippen LogP contribution is 2.49. The van der Waals surface area contributed by atoms with Crippen molar-refractivity contribution < 1.29 is 19.1 Å². The van der Waals surface area contributed by atoms with E-state index < -0.39 is 0 Å². The summed E-state index contributed by atoms with van der Waals surface area (Å²) in [4.78, 5) is 28.5. The number of halogens is 1. The molecule has 0 spiro atoms. The molecule has 0 aliphatic carbocycles. The number of methoxy groups -OCH3 is 1. The van der Waals surface area contributed by atoms with Crippen molar-refractivity contribution in [2.24, 2.45) is 0 Å². The molecule has 1 saturated heterocycles. The number of carbonyl (C=O) groups excluding carboxylic acids is 2. The lowest BCUT2D eigenvalue weighted by Crippen LogP contribution is -2.37. The Morgan fingerprint density at radius 1 is 1.07 bits per heavy atom. The van der Waals surface area contributed by atoms with Crippen molar-refractivity contribution in [2.75, 3.05) is 20.2 Å². The standard InChI is InChI=1S/C22H20BrNO4S/c1-27-16-9-10-17(28-22(26)24-11-3-2-4-12-24)21-19(16)20(25)18(29-21)13-14-5-7-15(23)8-6-14/h5-10,13H,2-4,11-12H2,1H3/b18-13-. The van der Waals surface area contributed by atoms with Gasteiger partial charge in [-0.15, -0.1) is 0 Å². The molecule has 0 saturated carbocycles. The summed E-state index contributed by atoms with van der Waals surface area (Å²) in [6, 6.07) is 11.1. The SMILES string of the molecule is COc1ccc(OC(=O)N2CCCCC2)c2c1C(=O)/C(=C/c1ccc(Br)cc1)S2. The van der Waals surface area contributed by atoms with Gasteiger partial charge in [-0.25, -0.2) is 4.79 Å². The molecule has 0 atom stereocenters. The average molecular weight is 474 g/mol. The number of thioether (sulfide) groups is 1. The van der Waals surface area contributed by atoms with Crippen molar-refractivity contribution in [1.82, 2.24) is 4.90 Å². The van der Waals surface area contributed by atoms with E-state index in [1.165, 1.54) is 18.9 Å². The van der Waals surface area contributed by atoms with Crippen LogP contribution in [0, 0.1) is 0 Å². The van der Waals surface area contributed by atoms with Crippen molar-refractivity contribution >= 4 is 45.6 Å². The third-order valence-corrected chi connectivity index (χ3v) is 6.61. The topological polar surface area (TPSA) is 55.8 Å². The number of ether oxygens (including phenoxy) is 2. The van der Waals surface area contributed by atoms with Gasteiger partial charge in [-0.05, 0) is 55.2 Å². The monoisotopic (exact) mass is 473 g/mol. The van der Waals surface area contributed by atoms with Crippen LogP contribution in [0.1, 0.15) is 35.2 Å². The highest BCUT2D eigenvalue weighted by Gasteiger charge is 2.33. The van der Waals surface area contributed by atoms with Gasteiger partial charge in [0, 0.05) is 17.6 Å². The summed E-state index contributed by atoms with van der Waals surface area (Å²) in [6.45, 7) is 1.41. The van der Waals surface area contributed by atoms with Crippen LogP contribution in [0.2, 0.25) is 0 Å². The van der Waals surface area contributed by atoms with Crippen LogP contribution in [0.4, 0.5) is 4.79 Å². The summed E-state index contributed by atoms with van der Waals surface area (Å²) < 4.78 is 12.1. The van der Waals surface area contributed by atoms with E-state index in [9.17, 15) is 9.59 Å². The van der Waals surface area contributed by atoms with Gasteiger partial charge in [-0.2, -0.15) is 0 Å². The third-order valence-electron chi connectivity index (χ3n) is 4.95. The molecule has 2 aliphatic heterocycles. The van der Waals surface area contributed by atoms with E-state index >= 15 is 0 Å². The Hall–Kier alpha value is -2.25. The molecule has 2 aromatic rings. The van der Waals surface area contributed by atoms with Gasteiger partial charge in [0.25, 0.3) is 0 Å². The van der Waals surface area contributed by atoms with E-state index in [2.05, 4.69) is 15.9 Å². The summed E-state index contributed by atoms with van der Waals surface area (Å²) in [6.07, 6.45) is 4.59. The second kappa shape index (κ2) is 8.63. The van der Waals surface area contributed by atoms with Gasteiger partial charge in [0.2, 0.25) is 5.78 Å². The first-order valence-corrected chi connectivity index (χ1v) is 11.1. The number of ketones is 1. The zero-order chi connectivity index (χ0) is 20.4. The number of nitrogens with zero attached hydrogens (tertiary/aromatic N) is 1. The van der Waals surface area contributed by atoms with Crippen LogP contribution in [-0.2, 0) is 0 Å². The Balaban J connectivity index is 1.64. The van der Waals surface area contributed by atoms with Gasteiger partial charge >= 0.3 is 6.09 Å². The normalized spacial score (nSPS) is 17.4. The van der Waals surface area contributed by atoms with Crippen LogP contribution in [0.5, 0.6) is 11.5 Å². The lowest BCUT2D eigenvalue weighted by Gasteiger charge is -2.26. The van der Waals surface area contributed by atoms with Gasteiger partial charge in [-0.1, -0.05) is 39.8 Å². The van der Waals surface area contributed by atoms with E-state index in [1.54, 1.807) is 17.0 Å². The summed E-state index contributed by atoms with van der Waals surface area (Å²) >= 11 is 4.73. The molecule has 2 aromatic carbocycles. The molecule has 29 heavy (non-hydrogen) atoms. The first kappa shape index (κ1) is 20.0. The second-order valence-corrected chi connectivity index (χ2v) is 8.84. The predicted octanol–water partition coefficient (Wildman–Crippen LogP) is 5.77. The minimum Gasteiger partial charge on any atom is -0.496 e. The highest BCUT2D eigenvalue weighted by atomic mass is 79.9. The molecular formula is C22H20BrNO4S. The Morgan fingerprint density at radius 3 is 2.45 bits per heavy atom. The number of rotatable bonds is 3. The summed E-state index contributed by atoms with van der Waals surface area (Å²) in [5.41, 5.74) is 1.37. The predicted molar refractivity (Wildman–Crippen MR) is 117 cm³/mol. The minimum atomic E-state index is -0.365. The number of likely N-dealkylation sites (tertiary alicyclic amines) is 1. The minimum absolute atomic E-state index is 0.124. The van der Waals surface area contributed by atoms with E-state index in [0.29, 0.717) is 40.0 Å². The lowest BCUT2D eigenvalue weighted by molar-refractivity contribution is 0.103. The van der Waals surface area contributed by atoms with Crippen molar-refractivity contribution in [3.05, 3.63) is 56.9 Å². The highest BCUT2D eigenvalue weighted by molar-refractivity contribution is 9.10. The van der Waals surface area contributed by atoms with Gasteiger partial charge in [0.15, 0.2) is 0 Å². The van der Waals surface area contributed by atoms with Gasteiger partial charge < -0.3 is 14.4 Å². The number of allylic oxidation sites excluding steroid dienone is 1. The van der Waals surface area contributed by atoms with Crippen LogP contribution in [0.25, 0.3) is 6.08 Å². The Morgan fingerprint density at radius 2 is 1.76 bits per heavy atom. The zero-order valence-corrected chi connectivity index (χ0v) is 18.3. The number of benzene rings is 2. The van der Waals surface area contributed by atoms with E-state index in [4.69, 9.17) is 9.47 Å². The molecule has 0 bridgehead atoms. The van der Waals surface area contributed by atoms with E-state index in [-0.39, 0.29) is 11.9 Å². The molecule has 1 amide bonds. The van der Waals surface area contributed by atoms with E-state index in [1.807, 2.05) is 30.3 Å². The van der Waals surface area contributed by atoms with Crippen LogP contribution in [-0.4, -0.2) is 37.0 Å². The van der Waals surface area contributed by atoms with Gasteiger partial charge in [0.05, 0.1) is 22.5 Å². The van der Waals surface area contributed by atoms with Crippen molar-refractivity contribution in [2.45, 2.75) is 24.2 Å². The maximum atomic E-state index is 13.1. The number of carbonyl (C=O) groups is 2. The van der Waals surface area contributed by atoms with Crippen LogP contribution in [0.3, 0.4) is 0 Å². The third kappa shape index (κ3) is 4.21. The maximum Gasteiger partial charge on any atom is 0.415 e. The fourth-order valence-electron chi connectivity index (χ4n) is 3.43. The maximum absolute atomic E-state index is 13.1. The summed E-state index contributed by atoms with van der Waals surface area (Å²) in [5, 5.41) is 0. The van der Waals surface area contributed by atoms with Crippen LogP contribution in [0.15, 0.2) is 50.7 Å². The first-order valence-electron chi connectivity index (χ1n) is 9.44. The van der Waals surface area contributed by atoms with Gasteiger partial charge in [0.1, 0.15) is 11.5 Å². The van der Waals surface area contributed by atoms with Crippen molar-refractivity contribution in [3.8, 4) is 11.5 Å². The zero-order valence-electron chi connectivity index (χ0n) is 15.9. The number of hydrogen-bond acceptors (Lipinski definition) is 5. The molecule has 0 unspecified atom stereocenters. The molecular weight excluding hydrogens is 454 g/mol. The molecule has 2 heterocycles. The molecule has 150 valence electrons. The smallest absolute Gasteiger partial charge is 0.415 e. The van der Waals surface area contributed by atoms with Crippen molar-refractivity contribution in [3.63, 3.8) is 0 Å². The van der Waals surface area contributed by atoms with Crippen molar-refractivity contribution in [1.29, 1.82) is 0 Å². The second-order valence-electron chi connectivity index (χ2n) is 6.88. The Kier molecular flexibility index (Phi) is 5.96. The molecule has 7 heteroatoms. The molecule has 4 rings (SSSR count). The average Bonchev–Trinajstić information content (AvgIpc) is 3.07. The largest absolute Gasteiger partial charge is 0.496 e. The van der Waals surface area contributed by atoms with E-state index in [0.717, 1.165) is 29.3 Å². The number of fused-ring (bicyclic) bond motifs is 1. The number of hydrogen-bond donors (Lipinski definition) is 0. The van der Waals surface area contributed by atoms with Crippen LogP contribution >= 0.6 is 27.7 Å². The summed E-state index contributed by atoms with van der Waals surface area (Å²) in [7, 11) is 1.53. The lowest BCUT2D eigenvalue weighted by atomic mass is 10.1. The van der Waals surface area contributed by atoms with Gasteiger partial charge in [-0.3, -0.25) is 4.79 Å². The number of piperidine rings is 1. The fourth-order valence-corrected chi connectivity index (χ4v) is 4.81. The van der Waals surface area contributed by atoms with Crippen LogP contribution < -0.4 is 9.47 Å². The Labute approximate surface area is 182 Å². The summed E-state index contributed by atoms with van der Waals surface area (Å²) in [5.74, 6) is 0.754. The first-order chi connectivity index (χ1) is 14.1. The molecule has 5 nitrogen and oxygen atoms in total. The number of amides is 1. The molecule has 1 fully saturated rings. The molecule has 0 aromatic heterocycles. The quantitative estimate of drug-likeness (QED) is 0.529. The molecule has 0 radical (unpaired) electrons. The Bertz CT molecular complexity index is 981. The fraction of sp³-hybridized carbons (Fsp3) is 0.273. The molecule has 2 aliphatic rings. The molecule has 0 N–H and O–H groups in total.